The molecule has 0 unspecified atom stereocenters. The van der Waals surface area contributed by atoms with Gasteiger partial charge in [0.05, 0.1) is 11.0 Å². The second-order valence-electron chi connectivity index (χ2n) is 7.43. The average molecular weight is 370 g/mol. The summed E-state index contributed by atoms with van der Waals surface area (Å²) in [6.45, 7) is 3.54. The molecule has 6 heteroatoms. The normalized spacial score (nSPS) is 21.0. The minimum atomic E-state index is -0.936. The molecule has 1 atom stereocenters. The molecule has 140 valence electrons. The van der Waals surface area contributed by atoms with Gasteiger partial charge in [0.1, 0.15) is 23.3 Å². The van der Waals surface area contributed by atoms with Crippen LogP contribution in [0.5, 0.6) is 0 Å². The van der Waals surface area contributed by atoms with Crippen LogP contribution in [0.1, 0.15) is 37.0 Å². The van der Waals surface area contributed by atoms with Gasteiger partial charge in [-0.2, -0.15) is 5.26 Å². The molecule has 0 fully saturated rings. The molecule has 0 N–H and O–H groups in total. The Hall–Kier alpha value is -2.99. The zero-order valence-electron chi connectivity index (χ0n) is 15.5. The van der Waals surface area contributed by atoms with Crippen molar-refractivity contribution in [1.29, 1.82) is 5.26 Å². The SMILES string of the molecule is C#C[C@@]1(CCN(C)C(=O)c2c(F)cccc2F)C=C(C#N)C(=O)C(C)(C)C1. The fourth-order valence-electron chi connectivity index (χ4n) is 3.40. The number of nitrogens with zero attached hydrogens (tertiary/aromatic N) is 2. The van der Waals surface area contributed by atoms with Crippen molar-refractivity contribution in [2.75, 3.05) is 13.6 Å². The van der Waals surface area contributed by atoms with Crippen molar-refractivity contribution < 1.29 is 18.4 Å². The number of ketones is 1. The number of terminal acetylenes is 1. The molecule has 0 spiro atoms. The smallest absolute Gasteiger partial charge is 0.259 e. The third-order valence-electron chi connectivity index (χ3n) is 4.86. The molecule has 1 aromatic rings. The van der Waals surface area contributed by atoms with E-state index in [2.05, 4.69) is 5.92 Å². The Kier molecular flexibility index (Phi) is 5.51. The number of carbonyl (C=O) groups excluding carboxylic acids is 2. The van der Waals surface area contributed by atoms with Crippen LogP contribution < -0.4 is 0 Å². The first-order valence-corrected chi connectivity index (χ1v) is 8.42. The number of halogens is 2. The Morgan fingerprint density at radius 1 is 1.33 bits per heavy atom. The van der Waals surface area contributed by atoms with Crippen molar-refractivity contribution in [1.82, 2.24) is 4.90 Å². The summed E-state index contributed by atoms with van der Waals surface area (Å²) in [4.78, 5) is 25.9. The van der Waals surface area contributed by atoms with Gasteiger partial charge in [0.2, 0.25) is 0 Å². The highest BCUT2D eigenvalue weighted by atomic mass is 19.1. The molecule has 0 heterocycles. The molecule has 1 aromatic carbocycles. The summed E-state index contributed by atoms with van der Waals surface area (Å²) >= 11 is 0. The van der Waals surface area contributed by atoms with E-state index in [9.17, 15) is 23.6 Å². The Labute approximate surface area is 157 Å². The van der Waals surface area contributed by atoms with Crippen molar-refractivity contribution in [3.05, 3.63) is 47.0 Å². The van der Waals surface area contributed by atoms with Gasteiger partial charge >= 0.3 is 0 Å². The number of nitriles is 1. The molecular weight excluding hydrogens is 350 g/mol. The van der Waals surface area contributed by atoms with Crippen LogP contribution in [-0.2, 0) is 4.79 Å². The summed E-state index contributed by atoms with van der Waals surface area (Å²) < 4.78 is 27.7. The van der Waals surface area contributed by atoms with Crippen LogP contribution in [0.3, 0.4) is 0 Å². The molecule has 1 amide bonds. The van der Waals surface area contributed by atoms with Crippen molar-refractivity contribution in [2.24, 2.45) is 10.8 Å². The number of Topliss-reactive ketones (excluding diaryl/α,β-unsaturated/α-hetero) is 1. The lowest BCUT2D eigenvalue weighted by molar-refractivity contribution is -0.124. The van der Waals surface area contributed by atoms with Crippen molar-refractivity contribution in [3.8, 4) is 18.4 Å². The monoisotopic (exact) mass is 370 g/mol. The van der Waals surface area contributed by atoms with Gasteiger partial charge in [-0.1, -0.05) is 25.8 Å². The van der Waals surface area contributed by atoms with Gasteiger partial charge < -0.3 is 4.90 Å². The summed E-state index contributed by atoms with van der Waals surface area (Å²) in [6, 6.07) is 5.11. The lowest BCUT2D eigenvalue weighted by Crippen LogP contribution is -2.40. The quantitative estimate of drug-likeness (QED) is 0.762. The second-order valence-corrected chi connectivity index (χ2v) is 7.43. The molecule has 0 saturated carbocycles. The summed E-state index contributed by atoms with van der Waals surface area (Å²) in [5.74, 6) is -0.290. The van der Waals surface area contributed by atoms with Gasteiger partial charge in [-0.05, 0) is 31.1 Å². The molecule has 0 bridgehead atoms. The zero-order valence-corrected chi connectivity index (χ0v) is 15.5. The first kappa shape index (κ1) is 20.3. The van der Waals surface area contributed by atoms with E-state index >= 15 is 0 Å². The van der Waals surface area contributed by atoms with Crippen LogP contribution in [0.25, 0.3) is 0 Å². The van der Waals surface area contributed by atoms with Crippen LogP contribution in [0.2, 0.25) is 0 Å². The number of hydrogen-bond donors (Lipinski definition) is 0. The first-order valence-electron chi connectivity index (χ1n) is 8.42. The van der Waals surface area contributed by atoms with E-state index in [0.717, 1.165) is 12.1 Å². The van der Waals surface area contributed by atoms with Crippen LogP contribution in [0.4, 0.5) is 8.78 Å². The minimum Gasteiger partial charge on any atom is -0.341 e. The number of allylic oxidation sites excluding steroid dienone is 2. The molecule has 0 radical (unpaired) electrons. The number of amides is 1. The van der Waals surface area contributed by atoms with Gasteiger partial charge in [-0.15, -0.1) is 6.42 Å². The molecule has 0 saturated heterocycles. The Balaban J connectivity index is 2.25. The largest absolute Gasteiger partial charge is 0.341 e. The first-order chi connectivity index (χ1) is 12.6. The maximum atomic E-state index is 13.8. The Morgan fingerprint density at radius 2 is 1.93 bits per heavy atom. The van der Waals surface area contributed by atoms with E-state index in [1.807, 2.05) is 6.07 Å². The van der Waals surface area contributed by atoms with E-state index < -0.39 is 33.9 Å². The average Bonchev–Trinajstić information content (AvgIpc) is 2.62. The van der Waals surface area contributed by atoms with Crippen LogP contribution in [0, 0.1) is 46.1 Å². The third-order valence-corrected chi connectivity index (χ3v) is 4.86. The fraction of sp³-hybridized carbons (Fsp3) is 0.381. The molecule has 4 nitrogen and oxygen atoms in total. The molecule has 1 aliphatic carbocycles. The standard InChI is InChI=1S/C21H20F2N2O2/c1-5-21(11-14(12-24)18(26)20(2,3)13-21)9-10-25(4)19(27)17-15(22)7-6-8-16(17)23/h1,6-8,11H,9-10,13H2,2-4H3/t21-/m1/s1. The lowest BCUT2D eigenvalue weighted by Gasteiger charge is -2.38. The topological polar surface area (TPSA) is 61.2 Å². The minimum absolute atomic E-state index is 0.00155. The zero-order chi connectivity index (χ0) is 20.4. The van der Waals surface area contributed by atoms with Crippen LogP contribution in [0.15, 0.2) is 29.8 Å². The van der Waals surface area contributed by atoms with Gasteiger partial charge in [0.25, 0.3) is 5.91 Å². The highest BCUT2D eigenvalue weighted by molar-refractivity contribution is 6.04. The molecule has 2 rings (SSSR count). The Bertz CT molecular complexity index is 885. The van der Waals surface area contributed by atoms with Gasteiger partial charge in [-0.25, -0.2) is 8.78 Å². The predicted octanol–water partition coefficient (Wildman–Crippen LogP) is 3.50. The summed E-state index contributed by atoms with van der Waals surface area (Å²) in [7, 11) is 1.42. The maximum Gasteiger partial charge on any atom is 0.259 e. The van der Waals surface area contributed by atoms with Crippen LogP contribution in [-0.4, -0.2) is 30.2 Å². The van der Waals surface area contributed by atoms with E-state index in [4.69, 9.17) is 6.42 Å². The van der Waals surface area contributed by atoms with Crippen molar-refractivity contribution in [3.63, 3.8) is 0 Å². The van der Waals surface area contributed by atoms with Crippen molar-refractivity contribution >= 4 is 11.7 Å². The fourth-order valence-corrected chi connectivity index (χ4v) is 3.40. The molecule has 1 aliphatic rings. The predicted molar refractivity (Wildman–Crippen MR) is 96.3 cm³/mol. The van der Waals surface area contributed by atoms with Crippen LogP contribution >= 0.6 is 0 Å². The molecular formula is C21H20F2N2O2. The van der Waals surface area contributed by atoms with Crippen molar-refractivity contribution in [2.45, 2.75) is 26.7 Å². The molecule has 0 aromatic heterocycles. The van der Waals surface area contributed by atoms with E-state index in [1.165, 1.54) is 24.1 Å². The number of benzene rings is 1. The highest BCUT2D eigenvalue weighted by Gasteiger charge is 2.44. The van der Waals surface area contributed by atoms with E-state index in [-0.39, 0.29) is 24.3 Å². The number of carbonyl (C=O) groups is 2. The summed E-state index contributed by atoms with van der Waals surface area (Å²) in [6.07, 6.45) is 7.75. The van der Waals surface area contributed by atoms with E-state index in [1.54, 1.807) is 13.8 Å². The van der Waals surface area contributed by atoms with E-state index in [0.29, 0.717) is 6.42 Å². The third kappa shape index (κ3) is 3.90. The summed E-state index contributed by atoms with van der Waals surface area (Å²) in [5, 5.41) is 9.24. The maximum absolute atomic E-state index is 13.8. The van der Waals surface area contributed by atoms with Gasteiger partial charge in [-0.3, -0.25) is 9.59 Å². The Morgan fingerprint density at radius 3 is 2.44 bits per heavy atom. The lowest BCUT2D eigenvalue weighted by atomic mass is 9.63. The second kappa shape index (κ2) is 7.32. The molecule has 27 heavy (non-hydrogen) atoms. The summed E-state index contributed by atoms with van der Waals surface area (Å²) in [5.41, 5.74) is -2.34. The molecule has 0 aliphatic heterocycles. The highest BCUT2D eigenvalue weighted by Crippen LogP contribution is 2.44. The van der Waals surface area contributed by atoms with Gasteiger partial charge in [0.15, 0.2) is 5.78 Å². The van der Waals surface area contributed by atoms with Gasteiger partial charge in [0, 0.05) is 19.0 Å². The number of hydrogen-bond acceptors (Lipinski definition) is 3. The number of rotatable bonds is 4.